The maximum absolute atomic E-state index is 12.6. The topological polar surface area (TPSA) is 111 Å². The second kappa shape index (κ2) is 32.0. The van der Waals surface area contributed by atoms with E-state index in [1.807, 2.05) is 21.1 Å². The summed E-state index contributed by atoms with van der Waals surface area (Å²) in [5.74, 6) is -0.832. The SMILES string of the molecule is CCCCCCCCCCCCCCCCCCCC(=O)OC(COC(=O)CCCCCCCCC)COP(=O)([O-])OCC[N+](C)(C)C. The van der Waals surface area contributed by atoms with Crippen molar-refractivity contribution >= 4 is 19.8 Å². The number of phosphoric ester groups is 1. The monoisotopic (exact) mass is 706 g/mol. The molecular formula is C38H76NO8P. The molecule has 0 N–H and O–H groups in total. The second-order valence-electron chi connectivity index (χ2n) is 14.7. The van der Waals surface area contributed by atoms with Crippen LogP contribution in [0.25, 0.3) is 0 Å². The van der Waals surface area contributed by atoms with Crippen molar-refractivity contribution in [2.45, 2.75) is 187 Å². The lowest BCUT2D eigenvalue weighted by Crippen LogP contribution is -2.37. The molecule has 0 saturated heterocycles. The van der Waals surface area contributed by atoms with Gasteiger partial charge < -0.3 is 27.9 Å². The van der Waals surface area contributed by atoms with E-state index < -0.39 is 26.5 Å². The minimum absolute atomic E-state index is 0.0263. The molecule has 0 fully saturated rings. The molecule has 0 aromatic carbocycles. The minimum atomic E-state index is -4.60. The van der Waals surface area contributed by atoms with Gasteiger partial charge in [-0.3, -0.25) is 14.2 Å². The van der Waals surface area contributed by atoms with E-state index >= 15 is 0 Å². The molecule has 0 saturated carbocycles. The number of likely N-dealkylation sites (N-methyl/N-ethyl adjacent to an activating group) is 1. The zero-order valence-corrected chi connectivity index (χ0v) is 32.8. The van der Waals surface area contributed by atoms with Gasteiger partial charge >= 0.3 is 11.9 Å². The Balaban J connectivity index is 4.28. The number of carbonyl (C=O) groups is 2. The van der Waals surface area contributed by atoms with E-state index in [4.69, 9.17) is 18.5 Å². The van der Waals surface area contributed by atoms with Crippen LogP contribution < -0.4 is 4.89 Å². The fraction of sp³-hybridized carbons (Fsp3) is 0.947. The molecule has 9 nitrogen and oxygen atoms in total. The highest BCUT2D eigenvalue weighted by Gasteiger charge is 2.21. The molecule has 0 radical (unpaired) electrons. The summed E-state index contributed by atoms with van der Waals surface area (Å²) in [6.45, 7) is 4.19. The first kappa shape index (κ1) is 47.0. The van der Waals surface area contributed by atoms with Gasteiger partial charge in [-0.1, -0.05) is 155 Å². The fourth-order valence-corrected chi connectivity index (χ4v) is 6.21. The first-order valence-corrected chi connectivity index (χ1v) is 21.2. The van der Waals surface area contributed by atoms with Crippen LogP contribution in [0.2, 0.25) is 0 Å². The average molecular weight is 706 g/mol. The molecule has 0 heterocycles. The number of hydrogen-bond acceptors (Lipinski definition) is 8. The Kier molecular flexibility index (Phi) is 31.3. The van der Waals surface area contributed by atoms with Crippen molar-refractivity contribution in [3.8, 4) is 0 Å². The van der Waals surface area contributed by atoms with Crippen molar-refractivity contribution in [1.82, 2.24) is 0 Å². The van der Waals surface area contributed by atoms with Crippen molar-refractivity contribution in [2.24, 2.45) is 0 Å². The smallest absolute Gasteiger partial charge is 0.306 e. The van der Waals surface area contributed by atoms with Gasteiger partial charge in [0.05, 0.1) is 27.7 Å². The largest absolute Gasteiger partial charge is 0.756 e. The molecule has 0 aliphatic heterocycles. The van der Waals surface area contributed by atoms with E-state index in [1.54, 1.807) is 0 Å². The van der Waals surface area contributed by atoms with E-state index in [2.05, 4.69) is 13.8 Å². The maximum atomic E-state index is 12.6. The number of quaternary nitrogens is 1. The molecule has 0 bridgehead atoms. The Hall–Kier alpha value is -0.990. The third kappa shape index (κ3) is 34.9. The van der Waals surface area contributed by atoms with Crippen LogP contribution >= 0.6 is 7.82 Å². The fourth-order valence-electron chi connectivity index (χ4n) is 5.48. The lowest BCUT2D eigenvalue weighted by molar-refractivity contribution is -0.870. The summed E-state index contributed by atoms with van der Waals surface area (Å²) in [7, 11) is 1.18. The molecule has 0 aliphatic rings. The number of rotatable bonds is 36. The van der Waals surface area contributed by atoms with Gasteiger partial charge in [-0.2, -0.15) is 0 Å². The summed E-state index contributed by atoms with van der Waals surface area (Å²) in [5.41, 5.74) is 0. The Labute approximate surface area is 295 Å². The van der Waals surface area contributed by atoms with E-state index in [1.165, 1.54) is 116 Å². The van der Waals surface area contributed by atoms with Gasteiger partial charge in [-0.05, 0) is 12.8 Å². The van der Waals surface area contributed by atoms with Crippen LogP contribution in [-0.4, -0.2) is 70.0 Å². The lowest BCUT2D eigenvalue weighted by Gasteiger charge is -2.28. The molecule has 0 aromatic heterocycles. The van der Waals surface area contributed by atoms with Crippen LogP contribution in [0.1, 0.15) is 181 Å². The third-order valence-corrected chi connectivity index (χ3v) is 9.59. The van der Waals surface area contributed by atoms with Crippen LogP contribution in [-0.2, 0) is 32.7 Å². The van der Waals surface area contributed by atoms with Crippen LogP contribution in [0, 0.1) is 0 Å². The summed E-state index contributed by atoms with van der Waals surface area (Å²) < 4.78 is 33.7. The van der Waals surface area contributed by atoms with Gasteiger partial charge in [0.2, 0.25) is 0 Å². The van der Waals surface area contributed by atoms with Crippen LogP contribution in [0.15, 0.2) is 0 Å². The van der Waals surface area contributed by atoms with E-state index in [0.29, 0.717) is 17.4 Å². The standard InChI is InChI=1S/C38H76NO8P/c1-6-8-10-12-14-15-16-17-18-19-20-21-22-23-25-27-29-31-38(41)47-36(35-46-48(42,43)45-33-32-39(3,4)5)34-44-37(40)30-28-26-24-13-11-9-7-2/h36H,6-35H2,1-5H3. The number of unbranched alkanes of at least 4 members (excludes halogenated alkanes) is 22. The predicted octanol–water partition coefficient (Wildman–Crippen LogP) is 9.83. The molecule has 10 heteroatoms. The Bertz CT molecular complexity index is 804. The molecule has 0 spiro atoms. The molecule has 0 amide bonds. The summed E-state index contributed by atoms with van der Waals surface area (Å²) in [4.78, 5) is 37.2. The Morgan fingerprint density at radius 2 is 0.938 bits per heavy atom. The molecule has 0 rings (SSSR count). The van der Waals surface area contributed by atoms with Crippen LogP contribution in [0.5, 0.6) is 0 Å². The molecular weight excluding hydrogens is 629 g/mol. The first-order valence-electron chi connectivity index (χ1n) is 19.7. The zero-order valence-electron chi connectivity index (χ0n) is 32.0. The number of phosphoric acid groups is 1. The molecule has 286 valence electrons. The molecule has 0 aromatic rings. The van der Waals surface area contributed by atoms with Gasteiger partial charge in [0.1, 0.15) is 19.8 Å². The number of hydrogen-bond donors (Lipinski definition) is 0. The summed E-state index contributed by atoms with van der Waals surface area (Å²) in [5, 5.41) is 0. The number of ether oxygens (including phenoxy) is 2. The second-order valence-corrected chi connectivity index (χ2v) is 16.1. The van der Waals surface area contributed by atoms with Gasteiger partial charge in [0.15, 0.2) is 6.10 Å². The quantitative estimate of drug-likeness (QED) is 0.0274. The van der Waals surface area contributed by atoms with Crippen molar-refractivity contribution < 1.29 is 42.1 Å². The lowest BCUT2D eigenvalue weighted by atomic mass is 10.0. The van der Waals surface area contributed by atoms with Gasteiger partial charge in [-0.25, -0.2) is 0 Å². The van der Waals surface area contributed by atoms with Crippen molar-refractivity contribution in [3.63, 3.8) is 0 Å². The highest BCUT2D eigenvalue weighted by Crippen LogP contribution is 2.38. The highest BCUT2D eigenvalue weighted by molar-refractivity contribution is 7.45. The molecule has 0 aliphatic carbocycles. The average Bonchev–Trinajstić information content (AvgIpc) is 3.02. The maximum Gasteiger partial charge on any atom is 0.306 e. The third-order valence-electron chi connectivity index (χ3n) is 8.63. The van der Waals surface area contributed by atoms with Crippen LogP contribution in [0.3, 0.4) is 0 Å². The van der Waals surface area contributed by atoms with Gasteiger partial charge in [-0.15, -0.1) is 0 Å². The van der Waals surface area contributed by atoms with Crippen molar-refractivity contribution in [1.29, 1.82) is 0 Å². The summed E-state index contributed by atoms with van der Waals surface area (Å²) in [6.07, 6.45) is 28.6. The van der Waals surface area contributed by atoms with Crippen molar-refractivity contribution in [2.75, 3.05) is 47.5 Å². The first-order chi connectivity index (χ1) is 23.0. The normalized spacial score (nSPS) is 13.7. The minimum Gasteiger partial charge on any atom is -0.756 e. The number of esters is 2. The predicted molar refractivity (Wildman–Crippen MR) is 195 cm³/mol. The van der Waals surface area contributed by atoms with E-state index in [9.17, 15) is 19.0 Å². The Morgan fingerprint density at radius 3 is 1.33 bits per heavy atom. The Morgan fingerprint density at radius 1 is 0.562 bits per heavy atom. The van der Waals surface area contributed by atoms with Gasteiger partial charge in [0, 0.05) is 12.8 Å². The molecule has 2 atom stereocenters. The summed E-state index contributed by atoms with van der Waals surface area (Å²) >= 11 is 0. The highest BCUT2D eigenvalue weighted by atomic mass is 31.2. The summed E-state index contributed by atoms with van der Waals surface area (Å²) in [6, 6.07) is 0. The van der Waals surface area contributed by atoms with Gasteiger partial charge in [0.25, 0.3) is 7.82 Å². The van der Waals surface area contributed by atoms with E-state index in [0.717, 1.165) is 32.1 Å². The number of nitrogens with zero attached hydrogens (tertiary/aromatic N) is 1. The number of carbonyl (C=O) groups excluding carboxylic acids is 2. The zero-order chi connectivity index (χ0) is 35.8. The van der Waals surface area contributed by atoms with Crippen LogP contribution in [0.4, 0.5) is 0 Å². The molecule has 48 heavy (non-hydrogen) atoms. The van der Waals surface area contributed by atoms with E-state index in [-0.39, 0.29) is 32.0 Å². The van der Waals surface area contributed by atoms with Crippen molar-refractivity contribution in [3.05, 3.63) is 0 Å². The molecule has 2 unspecified atom stereocenters.